The molecule has 0 aromatic rings. The first kappa shape index (κ1) is 60.1. The van der Waals surface area contributed by atoms with Crippen LogP contribution in [-0.4, -0.2) is 215 Å². The summed E-state index contributed by atoms with van der Waals surface area (Å²) in [4.78, 5) is 90.8. The molecule has 0 rings (SSSR count). The zero-order chi connectivity index (χ0) is 43.3. The highest BCUT2D eigenvalue weighted by molar-refractivity contribution is 7.99. The number of nitrogens with one attached hydrogen (secondary N) is 6. The molecule has 25 nitrogen and oxygen atoms in total. The largest absolute Gasteiger partial charge is 0.412 e. The summed E-state index contributed by atoms with van der Waals surface area (Å²) >= 11 is 2.78. The molecule has 0 bridgehead atoms. The van der Waals surface area contributed by atoms with Gasteiger partial charge in [-0.15, -0.1) is 0 Å². The second-order valence-electron chi connectivity index (χ2n) is 10.8. The summed E-state index contributed by atoms with van der Waals surface area (Å²) in [6.07, 6.45) is 0.744. The van der Waals surface area contributed by atoms with E-state index in [-0.39, 0.29) is 42.3 Å². The number of aldehydes is 2. The predicted molar refractivity (Wildman–Crippen MR) is 207 cm³/mol. The van der Waals surface area contributed by atoms with Crippen LogP contribution in [0.2, 0.25) is 0 Å². The van der Waals surface area contributed by atoms with Gasteiger partial charge in [0.05, 0.1) is 76.9 Å². The van der Waals surface area contributed by atoms with E-state index in [1.54, 1.807) is 28.4 Å². The van der Waals surface area contributed by atoms with E-state index in [9.17, 15) is 48.6 Å². The van der Waals surface area contributed by atoms with Gasteiger partial charge in [-0.1, -0.05) is 0 Å². The van der Waals surface area contributed by atoms with E-state index >= 15 is 0 Å². The molecular formula is C30H60N8O17S2. The van der Waals surface area contributed by atoms with Gasteiger partial charge in [0.1, 0.15) is 24.7 Å². The fourth-order valence-electron chi connectivity index (χ4n) is 3.51. The van der Waals surface area contributed by atoms with Gasteiger partial charge in [0, 0.05) is 51.5 Å². The van der Waals surface area contributed by atoms with E-state index < -0.39 is 85.9 Å². The highest BCUT2D eigenvalue weighted by Gasteiger charge is 2.25. The van der Waals surface area contributed by atoms with Crippen LogP contribution < -0.4 is 43.4 Å². The molecule has 0 heterocycles. The summed E-state index contributed by atoms with van der Waals surface area (Å²) in [5, 5.41) is 44.2. The lowest BCUT2D eigenvalue weighted by Gasteiger charge is -2.19. The van der Waals surface area contributed by atoms with Crippen molar-refractivity contribution in [3.63, 3.8) is 0 Å². The highest BCUT2D eigenvalue weighted by atomic mass is 32.2. The number of carbonyl (C=O) groups is 8. The zero-order valence-corrected chi connectivity index (χ0v) is 33.9. The van der Waals surface area contributed by atoms with Gasteiger partial charge in [0.25, 0.3) is 0 Å². The number of rotatable bonds is 30. The third kappa shape index (κ3) is 32.1. The fraction of sp³-hybridized carbons (Fsp3) is 0.733. The Morgan fingerprint density at radius 2 is 0.930 bits per heavy atom. The summed E-state index contributed by atoms with van der Waals surface area (Å²) in [6.45, 7) is -1.61. The number of aliphatic hydroxyl groups is 2. The van der Waals surface area contributed by atoms with E-state index in [1.807, 2.05) is 0 Å². The number of nitrogens with two attached hydrogens (primary N) is 2. The number of carbonyl (C=O) groups excluding carboxylic acids is 8. The van der Waals surface area contributed by atoms with E-state index in [4.69, 9.17) is 40.9 Å². The molecule has 0 aromatic carbocycles. The molecule has 6 amide bonds. The van der Waals surface area contributed by atoms with Gasteiger partial charge >= 0.3 is 0 Å². The molecule has 57 heavy (non-hydrogen) atoms. The first-order chi connectivity index (χ1) is 26.8. The van der Waals surface area contributed by atoms with Gasteiger partial charge in [-0.2, -0.15) is 23.5 Å². The summed E-state index contributed by atoms with van der Waals surface area (Å²) in [6, 6.07) is -4.28. The van der Waals surface area contributed by atoms with Crippen molar-refractivity contribution in [2.75, 3.05) is 104 Å². The monoisotopic (exact) mass is 868 g/mol. The van der Waals surface area contributed by atoms with Crippen molar-refractivity contribution in [2.24, 2.45) is 11.5 Å². The molecule has 0 radical (unpaired) electrons. The van der Waals surface area contributed by atoms with Crippen molar-refractivity contribution in [1.29, 1.82) is 0 Å². The Balaban J connectivity index is -0.000000464. The topological polar surface area (TPSA) is 410 Å². The number of aliphatic hydroxyl groups excluding tert-OH is 2. The third-order valence-electron chi connectivity index (χ3n) is 6.49. The Kier molecular flexibility index (Phi) is 42.8. The molecule has 27 heteroatoms. The molecule has 0 saturated heterocycles. The molecular weight excluding hydrogens is 809 g/mol. The maximum atomic E-state index is 12.1. The second kappa shape index (κ2) is 40.6. The van der Waals surface area contributed by atoms with Gasteiger partial charge in [-0.05, 0) is 0 Å². The molecule has 0 spiro atoms. The van der Waals surface area contributed by atoms with Gasteiger partial charge in [-0.25, -0.2) is 0 Å². The Labute approximate surface area is 338 Å². The van der Waals surface area contributed by atoms with Crippen molar-refractivity contribution in [3.8, 4) is 0 Å². The van der Waals surface area contributed by atoms with Crippen LogP contribution in [0.15, 0.2) is 0 Å². The van der Waals surface area contributed by atoms with Crippen LogP contribution in [-0.2, 0) is 57.3 Å². The van der Waals surface area contributed by atoms with Gasteiger partial charge in [-0.3, -0.25) is 39.3 Å². The maximum absolute atomic E-state index is 12.1. The maximum Gasteiger partial charge on any atom is 0.245 e. The summed E-state index contributed by atoms with van der Waals surface area (Å²) in [7, 11) is 6.23. The van der Waals surface area contributed by atoms with Crippen LogP contribution in [0.3, 0.4) is 0 Å². The van der Waals surface area contributed by atoms with Crippen molar-refractivity contribution >= 4 is 71.5 Å². The van der Waals surface area contributed by atoms with Gasteiger partial charge in [0.15, 0.2) is 0 Å². The van der Waals surface area contributed by atoms with Crippen LogP contribution in [0.1, 0.15) is 0 Å². The molecule has 0 saturated carbocycles. The first-order valence-electron chi connectivity index (χ1n) is 16.5. The molecule has 0 aromatic heterocycles. The average molecular weight is 869 g/mol. The minimum absolute atomic E-state index is 0. The molecule has 0 aliphatic rings. The lowest BCUT2D eigenvalue weighted by atomic mass is 10.2. The molecule has 0 aliphatic heterocycles. The molecule has 0 aliphatic carbocycles. The molecule has 6 atom stereocenters. The predicted octanol–water partition coefficient (Wildman–Crippen LogP) is -7.57. The third-order valence-corrected chi connectivity index (χ3v) is 8.89. The second-order valence-corrected chi connectivity index (χ2v) is 12.9. The lowest BCUT2D eigenvalue weighted by Crippen LogP contribution is -2.54. The standard InChI is InChI=1S/2C15H28N4O7S.H2O2.H2O/c2*1-25-7-10(26-2)8-27-9-11(16)14(23)19-12(6-21)15(24)18-5-13(22)17-3-4-20;1-2;/h2*4,10-12,21H,3,5-9,16H2,1-2H3,(H,17,22)(H,18,24)(H,19,23);1-2H;1H2/t2*10?,11?,12-;;/m00../s1. The number of amides is 6. The number of methoxy groups -OCH3 is 4. The Morgan fingerprint density at radius 1 is 0.596 bits per heavy atom. The quantitative estimate of drug-likeness (QED) is 0.0181. The normalized spacial score (nSPS) is 13.3. The fourth-order valence-corrected chi connectivity index (χ4v) is 5.58. The minimum atomic E-state index is -1.24. The Morgan fingerprint density at radius 3 is 1.19 bits per heavy atom. The van der Waals surface area contributed by atoms with Crippen LogP contribution >= 0.6 is 23.5 Å². The van der Waals surface area contributed by atoms with E-state index in [2.05, 4.69) is 31.9 Å². The van der Waals surface area contributed by atoms with E-state index in [1.165, 1.54) is 23.5 Å². The average Bonchev–Trinajstić information content (AvgIpc) is 3.21. The van der Waals surface area contributed by atoms with Crippen LogP contribution in [0.5, 0.6) is 0 Å². The van der Waals surface area contributed by atoms with E-state index in [0.29, 0.717) is 37.3 Å². The first-order valence-corrected chi connectivity index (χ1v) is 18.8. The van der Waals surface area contributed by atoms with Crippen LogP contribution in [0.25, 0.3) is 0 Å². The van der Waals surface area contributed by atoms with Crippen molar-refractivity contribution in [1.82, 2.24) is 31.9 Å². The van der Waals surface area contributed by atoms with Crippen molar-refractivity contribution < 1.29 is 83.5 Å². The lowest BCUT2D eigenvalue weighted by molar-refractivity contribution is -0.176. The summed E-state index contributed by atoms with van der Waals surface area (Å²) in [5.41, 5.74) is 11.6. The van der Waals surface area contributed by atoms with Gasteiger partial charge < -0.3 is 87.6 Å². The summed E-state index contributed by atoms with van der Waals surface area (Å²) < 4.78 is 20.4. The number of ether oxygens (including phenoxy) is 4. The molecule has 0 fully saturated rings. The minimum Gasteiger partial charge on any atom is -0.412 e. The highest BCUT2D eigenvalue weighted by Crippen LogP contribution is 2.08. The Bertz CT molecular complexity index is 1050. The SMILES string of the molecule is COCC(CSCC(N)C(=O)N[C@@H](CO)C(=O)NCC(=O)NCC=O)OC.COCC(CSCC(N)C(=O)N[C@@H](CO)C(=O)NCC(=O)NCC=O)OC.O.OO. The Hall–Kier alpha value is -3.58. The molecule has 334 valence electrons. The number of hydrogen-bond acceptors (Lipinski definition) is 20. The summed E-state index contributed by atoms with van der Waals surface area (Å²) in [5.74, 6) is -2.14. The zero-order valence-electron chi connectivity index (χ0n) is 32.3. The number of hydrogen-bond donors (Lipinski definition) is 12. The van der Waals surface area contributed by atoms with Crippen LogP contribution in [0.4, 0.5) is 0 Å². The van der Waals surface area contributed by atoms with Crippen molar-refractivity contribution in [3.05, 3.63) is 0 Å². The van der Waals surface area contributed by atoms with Gasteiger partial charge in [0.2, 0.25) is 35.4 Å². The number of thioether (sulfide) groups is 2. The van der Waals surface area contributed by atoms with E-state index in [0.717, 1.165) is 0 Å². The smallest absolute Gasteiger partial charge is 0.245 e. The van der Waals surface area contributed by atoms with Crippen LogP contribution in [0, 0.1) is 0 Å². The van der Waals surface area contributed by atoms with Crippen molar-refractivity contribution in [2.45, 2.75) is 36.4 Å². The molecule has 4 unspecified atom stereocenters. The molecule has 16 N–H and O–H groups in total.